The van der Waals surface area contributed by atoms with Gasteiger partial charge >= 0.3 is 5.97 Å². The largest absolute Gasteiger partial charge is 0.478 e. The molecule has 2 aromatic rings. The maximum Gasteiger partial charge on any atom is 0.337 e. The van der Waals surface area contributed by atoms with Gasteiger partial charge in [0, 0.05) is 6.54 Å². The van der Waals surface area contributed by atoms with Crippen LogP contribution in [0.15, 0.2) is 24.5 Å². The molecule has 20 heavy (non-hydrogen) atoms. The standard InChI is InChI=1S/C13H14N2O4S/c16-13(17)10-4-1-5-11-12(10)15(8-14-11)7-9-3-2-6-20(9,18)19/h1,4-5,8-9H,2-3,6-7H2,(H,16,17). The number of carboxylic acid groups (broad SMARTS) is 1. The summed E-state index contributed by atoms with van der Waals surface area (Å²) in [6, 6.07) is 4.86. The van der Waals surface area contributed by atoms with Crippen molar-refractivity contribution in [3.05, 3.63) is 30.1 Å². The van der Waals surface area contributed by atoms with Crippen molar-refractivity contribution in [2.75, 3.05) is 5.75 Å². The summed E-state index contributed by atoms with van der Waals surface area (Å²) in [5.74, 6) is -0.817. The van der Waals surface area contributed by atoms with Crippen molar-refractivity contribution in [2.45, 2.75) is 24.6 Å². The Hall–Kier alpha value is -1.89. The van der Waals surface area contributed by atoms with Gasteiger partial charge in [-0.15, -0.1) is 0 Å². The minimum Gasteiger partial charge on any atom is -0.478 e. The molecule has 1 fully saturated rings. The van der Waals surface area contributed by atoms with Gasteiger partial charge in [-0.05, 0) is 25.0 Å². The normalized spacial score (nSPS) is 21.3. The molecule has 106 valence electrons. The van der Waals surface area contributed by atoms with Crippen LogP contribution in [0.3, 0.4) is 0 Å². The number of aromatic nitrogens is 2. The number of nitrogens with zero attached hydrogens (tertiary/aromatic N) is 2. The molecule has 1 aliphatic heterocycles. The van der Waals surface area contributed by atoms with Gasteiger partial charge in [0.2, 0.25) is 0 Å². The van der Waals surface area contributed by atoms with Crippen molar-refractivity contribution in [3.63, 3.8) is 0 Å². The number of hydrogen-bond acceptors (Lipinski definition) is 4. The molecule has 1 aliphatic rings. The number of imidazole rings is 1. The van der Waals surface area contributed by atoms with E-state index in [4.69, 9.17) is 0 Å². The average Bonchev–Trinajstić information content (AvgIpc) is 2.94. The number of hydrogen-bond donors (Lipinski definition) is 1. The third-order valence-corrected chi connectivity index (χ3v) is 5.99. The second-order valence-electron chi connectivity index (χ2n) is 5.01. The summed E-state index contributed by atoms with van der Waals surface area (Å²) in [5, 5.41) is 8.79. The van der Waals surface area contributed by atoms with Gasteiger partial charge in [-0.3, -0.25) is 0 Å². The first-order valence-corrected chi connectivity index (χ1v) is 8.09. The highest BCUT2D eigenvalue weighted by atomic mass is 32.2. The number of aromatic carboxylic acids is 1. The molecular weight excluding hydrogens is 280 g/mol. The van der Waals surface area contributed by atoms with Crippen molar-refractivity contribution < 1.29 is 18.3 Å². The van der Waals surface area contributed by atoms with Gasteiger partial charge in [0.05, 0.1) is 33.9 Å². The summed E-state index contributed by atoms with van der Waals surface area (Å²) >= 11 is 0. The molecule has 2 heterocycles. The van der Waals surface area contributed by atoms with Gasteiger partial charge in [-0.2, -0.15) is 0 Å². The second-order valence-corrected chi connectivity index (χ2v) is 7.41. The van der Waals surface area contributed by atoms with E-state index in [2.05, 4.69) is 4.98 Å². The Bertz CT molecular complexity index is 779. The van der Waals surface area contributed by atoms with E-state index in [-0.39, 0.29) is 17.9 Å². The highest BCUT2D eigenvalue weighted by Crippen LogP contribution is 2.24. The minimum atomic E-state index is -3.06. The molecule has 1 saturated heterocycles. The van der Waals surface area contributed by atoms with E-state index in [0.717, 1.165) is 0 Å². The van der Waals surface area contributed by atoms with Crippen LogP contribution >= 0.6 is 0 Å². The number of sulfone groups is 1. The Morgan fingerprint density at radius 1 is 1.45 bits per heavy atom. The zero-order valence-electron chi connectivity index (χ0n) is 10.7. The van der Waals surface area contributed by atoms with Gasteiger partial charge in [-0.1, -0.05) is 6.07 Å². The summed E-state index contributed by atoms with van der Waals surface area (Å²) in [4.78, 5) is 15.4. The third-order valence-electron chi connectivity index (χ3n) is 3.73. The maximum atomic E-state index is 11.9. The van der Waals surface area contributed by atoms with Crippen LogP contribution in [0.25, 0.3) is 11.0 Å². The van der Waals surface area contributed by atoms with E-state index in [1.54, 1.807) is 16.7 Å². The lowest BCUT2D eigenvalue weighted by Crippen LogP contribution is -2.22. The Balaban J connectivity index is 2.06. The predicted molar refractivity (Wildman–Crippen MR) is 73.5 cm³/mol. The van der Waals surface area contributed by atoms with Crippen molar-refractivity contribution in [3.8, 4) is 0 Å². The van der Waals surface area contributed by atoms with Crippen molar-refractivity contribution in [2.24, 2.45) is 0 Å². The van der Waals surface area contributed by atoms with Crippen LogP contribution in [0.5, 0.6) is 0 Å². The molecule has 6 nitrogen and oxygen atoms in total. The number of benzene rings is 1. The number of carboxylic acids is 1. The van der Waals surface area contributed by atoms with E-state index in [1.165, 1.54) is 12.4 Å². The fourth-order valence-corrected chi connectivity index (χ4v) is 4.54. The molecule has 0 amide bonds. The SMILES string of the molecule is O=C(O)c1cccc2ncn(CC3CCCS3(=O)=O)c12. The number of para-hydroxylation sites is 1. The zero-order valence-corrected chi connectivity index (χ0v) is 11.5. The minimum absolute atomic E-state index is 0.149. The average molecular weight is 294 g/mol. The van der Waals surface area contributed by atoms with Gasteiger partial charge < -0.3 is 9.67 Å². The molecule has 3 rings (SSSR count). The Morgan fingerprint density at radius 3 is 2.90 bits per heavy atom. The summed E-state index contributed by atoms with van der Waals surface area (Å²) in [6.45, 7) is 0.267. The first kappa shape index (κ1) is 13.1. The van der Waals surface area contributed by atoms with Crippen LogP contribution in [0.2, 0.25) is 0 Å². The smallest absolute Gasteiger partial charge is 0.337 e. The van der Waals surface area contributed by atoms with Crippen molar-refractivity contribution >= 4 is 26.8 Å². The number of carbonyl (C=O) groups is 1. The summed E-state index contributed by atoms with van der Waals surface area (Å²) in [5.41, 5.74) is 1.21. The molecular formula is C13H14N2O4S. The highest BCUT2D eigenvalue weighted by molar-refractivity contribution is 7.92. The molecule has 0 saturated carbocycles. The van der Waals surface area contributed by atoms with Crippen molar-refractivity contribution in [1.29, 1.82) is 0 Å². The molecule has 0 aliphatic carbocycles. The quantitative estimate of drug-likeness (QED) is 0.922. The second kappa shape index (κ2) is 4.59. The van der Waals surface area contributed by atoms with Crippen LogP contribution in [0.4, 0.5) is 0 Å². The fraction of sp³-hybridized carbons (Fsp3) is 0.385. The first-order chi connectivity index (χ1) is 9.49. The summed E-state index contributed by atoms with van der Waals surface area (Å²) in [6.07, 6.45) is 2.81. The Kier molecular flexibility index (Phi) is 3.01. The lowest BCUT2D eigenvalue weighted by atomic mass is 10.2. The van der Waals surface area contributed by atoms with Gasteiger partial charge in [0.25, 0.3) is 0 Å². The van der Waals surface area contributed by atoms with Crippen LogP contribution < -0.4 is 0 Å². The van der Waals surface area contributed by atoms with Crippen LogP contribution in [-0.2, 0) is 16.4 Å². The van der Waals surface area contributed by atoms with Gasteiger partial charge in [-0.25, -0.2) is 18.2 Å². The predicted octanol–water partition coefficient (Wildman–Crippen LogP) is 1.31. The van der Waals surface area contributed by atoms with E-state index < -0.39 is 21.1 Å². The lowest BCUT2D eigenvalue weighted by molar-refractivity contribution is 0.0698. The maximum absolute atomic E-state index is 11.9. The van der Waals surface area contributed by atoms with E-state index in [0.29, 0.717) is 23.9 Å². The van der Waals surface area contributed by atoms with E-state index in [1.807, 2.05) is 0 Å². The molecule has 0 bridgehead atoms. The monoisotopic (exact) mass is 294 g/mol. The number of rotatable bonds is 3. The number of fused-ring (bicyclic) bond motifs is 1. The lowest BCUT2D eigenvalue weighted by Gasteiger charge is -2.11. The van der Waals surface area contributed by atoms with Gasteiger partial charge in [0.1, 0.15) is 0 Å². The summed E-state index contributed by atoms with van der Waals surface area (Å²) in [7, 11) is -3.06. The molecule has 1 N–H and O–H groups in total. The molecule has 0 spiro atoms. The molecule has 1 aromatic carbocycles. The van der Waals surface area contributed by atoms with Crippen molar-refractivity contribution in [1.82, 2.24) is 9.55 Å². The molecule has 1 atom stereocenters. The van der Waals surface area contributed by atoms with E-state index in [9.17, 15) is 18.3 Å². The van der Waals surface area contributed by atoms with Crippen LogP contribution in [-0.4, -0.2) is 40.0 Å². The zero-order chi connectivity index (χ0) is 14.3. The highest BCUT2D eigenvalue weighted by Gasteiger charge is 2.32. The molecule has 1 aromatic heterocycles. The van der Waals surface area contributed by atoms with Crippen LogP contribution in [0, 0.1) is 0 Å². The van der Waals surface area contributed by atoms with E-state index >= 15 is 0 Å². The fourth-order valence-electron chi connectivity index (χ4n) is 2.72. The molecule has 1 unspecified atom stereocenters. The Morgan fingerprint density at radius 2 is 2.25 bits per heavy atom. The third kappa shape index (κ3) is 2.07. The molecule has 7 heteroatoms. The van der Waals surface area contributed by atoms with Gasteiger partial charge in [0.15, 0.2) is 9.84 Å². The topological polar surface area (TPSA) is 89.3 Å². The Labute approximate surface area is 116 Å². The van der Waals surface area contributed by atoms with Crippen LogP contribution in [0.1, 0.15) is 23.2 Å². The summed E-state index contributed by atoms with van der Waals surface area (Å²) < 4.78 is 25.4. The first-order valence-electron chi connectivity index (χ1n) is 6.38. The molecule has 0 radical (unpaired) electrons.